The van der Waals surface area contributed by atoms with Crippen LogP contribution in [0.5, 0.6) is 0 Å². The molecule has 0 unspecified atom stereocenters. The van der Waals surface area contributed by atoms with Gasteiger partial charge in [0.25, 0.3) is 5.91 Å². The third kappa shape index (κ3) is 3.80. The zero-order valence-corrected chi connectivity index (χ0v) is 14.4. The van der Waals surface area contributed by atoms with E-state index in [0.29, 0.717) is 25.0 Å². The van der Waals surface area contributed by atoms with E-state index in [2.05, 4.69) is 0 Å². The zero-order chi connectivity index (χ0) is 16.9. The molecule has 2 aromatic heterocycles. The number of esters is 1. The van der Waals surface area contributed by atoms with E-state index in [1.165, 1.54) is 22.7 Å². The fourth-order valence-corrected chi connectivity index (χ4v) is 3.76. The summed E-state index contributed by atoms with van der Waals surface area (Å²) in [4.78, 5) is 38.8. The van der Waals surface area contributed by atoms with Crippen molar-refractivity contribution in [1.82, 2.24) is 4.90 Å². The summed E-state index contributed by atoms with van der Waals surface area (Å²) < 4.78 is 5.16. The first-order chi connectivity index (χ1) is 11.6. The van der Waals surface area contributed by atoms with Crippen molar-refractivity contribution >= 4 is 52.1 Å². The molecule has 1 fully saturated rings. The molecule has 1 aliphatic heterocycles. The second-order valence-corrected chi connectivity index (χ2v) is 7.10. The second kappa shape index (κ2) is 7.55. The number of hydrogen-bond donors (Lipinski definition) is 0. The van der Waals surface area contributed by atoms with E-state index in [0.717, 1.165) is 14.7 Å². The fourth-order valence-electron chi connectivity index (χ4n) is 2.37. The molecule has 0 N–H and O–H groups in total. The van der Waals surface area contributed by atoms with E-state index in [9.17, 15) is 14.4 Å². The van der Waals surface area contributed by atoms with Crippen LogP contribution in [0.25, 0.3) is 11.6 Å². The van der Waals surface area contributed by atoms with Gasteiger partial charge in [0, 0.05) is 22.7 Å². The largest absolute Gasteiger partial charge is 0.452 e. The number of nitrogens with zero attached hydrogens (tertiary/aromatic N) is 1. The molecule has 2 amide bonds. The Morgan fingerprint density at radius 3 is 2.62 bits per heavy atom. The molecule has 0 aromatic carbocycles. The average molecular weight is 361 g/mol. The van der Waals surface area contributed by atoms with E-state index in [1.807, 2.05) is 35.0 Å². The van der Waals surface area contributed by atoms with E-state index < -0.39 is 18.5 Å². The number of amides is 2. The Hall–Kier alpha value is -2.25. The maximum atomic E-state index is 12.4. The monoisotopic (exact) mass is 361 g/mol. The van der Waals surface area contributed by atoms with Crippen LogP contribution in [0.1, 0.15) is 22.6 Å². The first-order valence-electron chi connectivity index (χ1n) is 7.44. The number of carbonyl (C=O) groups excluding carboxylic acids is 3. The molecule has 0 bridgehead atoms. The van der Waals surface area contributed by atoms with Crippen LogP contribution in [-0.4, -0.2) is 35.8 Å². The van der Waals surface area contributed by atoms with Gasteiger partial charge in [-0.2, -0.15) is 0 Å². The zero-order valence-electron chi connectivity index (χ0n) is 12.8. The van der Waals surface area contributed by atoms with Crippen LogP contribution in [0.4, 0.5) is 0 Å². The van der Waals surface area contributed by atoms with Gasteiger partial charge in [0.15, 0.2) is 6.61 Å². The van der Waals surface area contributed by atoms with E-state index in [4.69, 9.17) is 4.74 Å². The van der Waals surface area contributed by atoms with Crippen molar-refractivity contribution in [1.29, 1.82) is 0 Å². The Morgan fingerprint density at radius 1 is 1.21 bits per heavy atom. The van der Waals surface area contributed by atoms with Crippen LogP contribution in [0.3, 0.4) is 0 Å². The minimum absolute atomic E-state index is 0.205. The van der Waals surface area contributed by atoms with Crippen molar-refractivity contribution < 1.29 is 19.1 Å². The van der Waals surface area contributed by atoms with Crippen LogP contribution in [0, 0.1) is 0 Å². The van der Waals surface area contributed by atoms with Crippen molar-refractivity contribution in [3.8, 4) is 0 Å². The quantitative estimate of drug-likeness (QED) is 0.607. The summed E-state index contributed by atoms with van der Waals surface area (Å²) in [6.45, 7) is -0.0181. The van der Waals surface area contributed by atoms with E-state index in [1.54, 1.807) is 6.08 Å². The van der Waals surface area contributed by atoms with Gasteiger partial charge in [-0.05, 0) is 35.4 Å². The van der Waals surface area contributed by atoms with Gasteiger partial charge in [0.2, 0.25) is 5.91 Å². The molecule has 0 radical (unpaired) electrons. The van der Waals surface area contributed by atoms with Crippen LogP contribution in [0.15, 0.2) is 35.0 Å². The molecular formula is C17H15NO4S2. The average Bonchev–Trinajstić information content (AvgIpc) is 3.31. The molecule has 3 heterocycles. The topological polar surface area (TPSA) is 63.7 Å². The van der Waals surface area contributed by atoms with Gasteiger partial charge in [0.05, 0.1) is 5.57 Å². The maximum absolute atomic E-state index is 12.4. The number of likely N-dealkylation sites (tertiary alicyclic amines) is 1. The number of imide groups is 1. The Bertz CT molecular complexity index is 763. The molecule has 1 saturated heterocycles. The summed E-state index contributed by atoms with van der Waals surface area (Å²) in [5.74, 6) is -1.23. The van der Waals surface area contributed by atoms with Crippen molar-refractivity contribution in [2.45, 2.75) is 12.8 Å². The standard InChI is InChI=1S/C17H15NO4S2/c19-15-6-1-7-18(15)16(20)11-22-17(21)13(14-5-3-9-24-14)10-12-4-2-8-23-12/h2-5,8-10H,1,6-7,11H2/b13-10+. The Morgan fingerprint density at radius 2 is 2.00 bits per heavy atom. The smallest absolute Gasteiger partial charge is 0.340 e. The van der Waals surface area contributed by atoms with Crippen molar-refractivity contribution in [2.75, 3.05) is 13.2 Å². The van der Waals surface area contributed by atoms with Crippen molar-refractivity contribution in [2.24, 2.45) is 0 Å². The maximum Gasteiger partial charge on any atom is 0.340 e. The van der Waals surface area contributed by atoms with Gasteiger partial charge in [-0.15, -0.1) is 22.7 Å². The first kappa shape index (κ1) is 16.6. The SMILES string of the molecule is O=C(OCC(=O)N1CCCC1=O)/C(=C/c1cccs1)c1cccs1. The van der Waals surface area contributed by atoms with Gasteiger partial charge in [-0.1, -0.05) is 12.1 Å². The normalized spacial score (nSPS) is 14.9. The third-order valence-electron chi connectivity index (χ3n) is 3.54. The van der Waals surface area contributed by atoms with Crippen molar-refractivity contribution in [3.63, 3.8) is 0 Å². The van der Waals surface area contributed by atoms with Crippen LogP contribution >= 0.6 is 22.7 Å². The van der Waals surface area contributed by atoms with Crippen LogP contribution in [0.2, 0.25) is 0 Å². The molecule has 1 aliphatic rings. The molecule has 7 heteroatoms. The minimum atomic E-state index is -0.564. The Kier molecular flexibility index (Phi) is 5.22. The molecule has 0 atom stereocenters. The summed E-state index contributed by atoms with van der Waals surface area (Å²) in [6.07, 6.45) is 2.79. The van der Waals surface area contributed by atoms with E-state index >= 15 is 0 Å². The molecule has 24 heavy (non-hydrogen) atoms. The molecule has 3 rings (SSSR count). The van der Waals surface area contributed by atoms with Gasteiger partial charge < -0.3 is 4.74 Å². The van der Waals surface area contributed by atoms with Crippen LogP contribution < -0.4 is 0 Å². The lowest BCUT2D eigenvalue weighted by molar-refractivity contribution is -0.151. The number of carbonyl (C=O) groups is 3. The molecule has 2 aromatic rings. The number of thiophene rings is 2. The predicted octanol–water partition coefficient (Wildman–Crippen LogP) is 3.04. The summed E-state index contributed by atoms with van der Waals surface area (Å²) in [5, 5.41) is 3.80. The molecule has 124 valence electrons. The van der Waals surface area contributed by atoms with E-state index in [-0.39, 0.29) is 5.91 Å². The summed E-state index contributed by atoms with van der Waals surface area (Å²) in [6, 6.07) is 7.48. The van der Waals surface area contributed by atoms with Crippen LogP contribution in [-0.2, 0) is 19.1 Å². The minimum Gasteiger partial charge on any atom is -0.452 e. The Labute approximate surface area is 147 Å². The lowest BCUT2D eigenvalue weighted by Crippen LogP contribution is -2.35. The Balaban J connectivity index is 1.70. The lowest BCUT2D eigenvalue weighted by atomic mass is 10.2. The van der Waals surface area contributed by atoms with Crippen molar-refractivity contribution in [3.05, 3.63) is 44.8 Å². The highest BCUT2D eigenvalue weighted by atomic mass is 32.1. The second-order valence-electron chi connectivity index (χ2n) is 5.17. The lowest BCUT2D eigenvalue weighted by Gasteiger charge is -2.13. The van der Waals surface area contributed by atoms with Gasteiger partial charge in [0.1, 0.15) is 0 Å². The molecule has 0 saturated carbocycles. The first-order valence-corrected chi connectivity index (χ1v) is 9.20. The molecule has 0 aliphatic carbocycles. The highest BCUT2D eigenvalue weighted by molar-refractivity contribution is 7.12. The number of ether oxygens (including phenoxy) is 1. The van der Waals surface area contributed by atoms with Gasteiger partial charge in [-0.25, -0.2) is 4.79 Å². The van der Waals surface area contributed by atoms with Gasteiger partial charge >= 0.3 is 5.97 Å². The predicted molar refractivity (Wildman–Crippen MR) is 93.4 cm³/mol. The molecular weight excluding hydrogens is 346 g/mol. The molecule has 5 nitrogen and oxygen atoms in total. The molecule has 0 spiro atoms. The number of hydrogen-bond acceptors (Lipinski definition) is 6. The highest BCUT2D eigenvalue weighted by Gasteiger charge is 2.27. The summed E-state index contributed by atoms with van der Waals surface area (Å²) in [5.41, 5.74) is 0.410. The van der Waals surface area contributed by atoms with Gasteiger partial charge in [-0.3, -0.25) is 14.5 Å². The highest BCUT2D eigenvalue weighted by Crippen LogP contribution is 2.26. The fraction of sp³-hybridized carbons (Fsp3) is 0.235. The summed E-state index contributed by atoms with van der Waals surface area (Å²) >= 11 is 2.94. The summed E-state index contributed by atoms with van der Waals surface area (Å²) in [7, 11) is 0. The third-order valence-corrected chi connectivity index (χ3v) is 5.26. The number of rotatable bonds is 5.